The van der Waals surface area contributed by atoms with Gasteiger partial charge in [0.15, 0.2) is 0 Å². The van der Waals surface area contributed by atoms with Gasteiger partial charge in [-0.05, 0) is 41.4 Å². The number of ether oxygens (including phenoxy) is 2. The van der Waals surface area contributed by atoms with Gasteiger partial charge in [-0.1, -0.05) is 18.2 Å². The third kappa shape index (κ3) is 4.53. The maximum Gasteiger partial charge on any atom is 0.394 e. The molecular weight excluding hydrogens is 392 g/mol. The number of nitrogens with zero attached hydrogens (tertiary/aromatic N) is 3. The van der Waals surface area contributed by atoms with E-state index in [2.05, 4.69) is 14.7 Å². The molecule has 0 fully saturated rings. The van der Waals surface area contributed by atoms with Gasteiger partial charge in [-0.25, -0.2) is 9.97 Å². The lowest BCUT2D eigenvalue weighted by molar-refractivity contribution is -0.158. The van der Waals surface area contributed by atoms with E-state index in [9.17, 15) is 13.6 Å². The number of fused-ring (bicyclic) bond motifs is 1. The lowest BCUT2D eigenvalue weighted by Crippen LogP contribution is -2.32. The fraction of sp³-hybridized carbons (Fsp3) is 0.227. The van der Waals surface area contributed by atoms with Crippen molar-refractivity contribution >= 4 is 5.91 Å². The molecule has 8 heteroatoms. The third-order valence-corrected chi connectivity index (χ3v) is 4.00. The van der Waals surface area contributed by atoms with Crippen LogP contribution in [0.2, 0.25) is 0 Å². The highest BCUT2D eigenvalue weighted by Crippen LogP contribution is 2.31. The summed E-state index contributed by atoms with van der Waals surface area (Å²) in [7, 11) is 0. The molecule has 0 N–H and O–H groups in total. The summed E-state index contributed by atoms with van der Waals surface area (Å²) in [6.07, 6.45) is -4.88. The summed E-state index contributed by atoms with van der Waals surface area (Å²) in [6, 6.07) is 9.22. The van der Waals surface area contributed by atoms with E-state index >= 15 is 0 Å². The van der Waals surface area contributed by atoms with Crippen LogP contribution in [0.3, 0.4) is 0 Å². The van der Waals surface area contributed by atoms with Gasteiger partial charge in [0.25, 0.3) is 5.91 Å². The van der Waals surface area contributed by atoms with Crippen LogP contribution >= 0.6 is 0 Å². The predicted molar refractivity (Wildman–Crippen MR) is 105 cm³/mol. The van der Waals surface area contributed by atoms with Gasteiger partial charge in [-0.3, -0.25) is 4.79 Å². The van der Waals surface area contributed by atoms with Gasteiger partial charge in [0.1, 0.15) is 23.9 Å². The Morgan fingerprint density at radius 1 is 1.23 bits per heavy atom. The first-order chi connectivity index (χ1) is 17.1. The van der Waals surface area contributed by atoms with Crippen LogP contribution in [0.4, 0.5) is 8.78 Å². The molecule has 30 heavy (non-hydrogen) atoms. The molecule has 3 aromatic rings. The zero-order valence-electron chi connectivity index (χ0n) is 22.6. The Balaban J connectivity index is 1.76. The van der Waals surface area contributed by atoms with E-state index < -0.39 is 55.8 Å². The molecule has 0 spiro atoms. The van der Waals surface area contributed by atoms with Gasteiger partial charge >= 0.3 is 6.11 Å². The molecule has 2 aromatic carbocycles. The lowest BCUT2D eigenvalue weighted by atomic mass is 10.0. The summed E-state index contributed by atoms with van der Waals surface area (Å²) in [5.74, 6) is -2.06. The molecule has 4 rings (SSSR count). The first-order valence-electron chi connectivity index (χ1n) is 12.2. The molecule has 0 radical (unpaired) electrons. The standard InChI is InChI=1S/C22H19F2N3O3/c1-22(23,24)30-17-6-3-15(4-7-17)16-5-8-19-18(13-16)21(28)27(11-12-29-19)14-20-25-9-2-10-26-20/h2-10,13H,11-12,14H2,1H3/i2D,9D,10D,11D2,14D2. The zero-order valence-corrected chi connectivity index (χ0v) is 15.6. The van der Waals surface area contributed by atoms with Crippen LogP contribution in [0.5, 0.6) is 11.5 Å². The van der Waals surface area contributed by atoms with Gasteiger partial charge in [-0.2, -0.15) is 8.78 Å². The lowest BCUT2D eigenvalue weighted by Gasteiger charge is -2.19. The molecule has 6 nitrogen and oxygen atoms in total. The van der Waals surface area contributed by atoms with Crippen molar-refractivity contribution in [2.75, 3.05) is 13.1 Å². The number of carbonyl (C=O) groups excluding carboxylic acids is 1. The number of hydrogen-bond donors (Lipinski definition) is 0. The van der Waals surface area contributed by atoms with Crippen molar-refractivity contribution in [3.8, 4) is 22.6 Å². The fourth-order valence-electron chi connectivity index (χ4n) is 2.74. The molecule has 154 valence electrons. The first kappa shape index (κ1) is 12.9. The summed E-state index contributed by atoms with van der Waals surface area (Å²) >= 11 is 0. The highest BCUT2D eigenvalue weighted by atomic mass is 19.3. The van der Waals surface area contributed by atoms with Crippen LogP contribution in [0.1, 0.15) is 32.7 Å². The normalized spacial score (nSPS) is 19.5. The number of hydrogen-bond acceptors (Lipinski definition) is 5. The number of rotatable bonds is 5. The molecule has 1 amide bonds. The molecule has 0 saturated heterocycles. The van der Waals surface area contributed by atoms with Crippen LogP contribution in [-0.4, -0.2) is 40.0 Å². The van der Waals surface area contributed by atoms with Crippen LogP contribution in [-0.2, 0) is 6.50 Å². The maximum absolute atomic E-state index is 13.6. The van der Waals surface area contributed by atoms with Crippen molar-refractivity contribution < 1.29 is 32.6 Å². The predicted octanol–water partition coefficient (Wildman–Crippen LogP) is 4.17. The van der Waals surface area contributed by atoms with Gasteiger partial charge < -0.3 is 14.4 Å². The van der Waals surface area contributed by atoms with Gasteiger partial charge in [-0.15, -0.1) is 0 Å². The van der Waals surface area contributed by atoms with E-state index in [1.807, 2.05) is 0 Å². The van der Waals surface area contributed by atoms with Gasteiger partial charge in [0.2, 0.25) is 0 Å². The quantitative estimate of drug-likeness (QED) is 0.622. The Hall–Kier alpha value is -3.55. The number of aromatic nitrogens is 2. The Labute approximate surface area is 181 Å². The second-order valence-electron chi connectivity index (χ2n) is 6.24. The van der Waals surface area contributed by atoms with E-state index in [0.717, 1.165) is 0 Å². The highest BCUT2D eigenvalue weighted by molar-refractivity contribution is 5.98. The molecule has 0 unspecified atom stereocenters. The van der Waals surface area contributed by atoms with E-state index in [1.165, 1.54) is 36.4 Å². The first-order valence-corrected chi connectivity index (χ1v) is 8.71. The van der Waals surface area contributed by atoms with E-state index in [-0.39, 0.29) is 22.0 Å². The molecule has 0 bridgehead atoms. The summed E-state index contributed by atoms with van der Waals surface area (Å²) in [5, 5.41) is 0. The van der Waals surface area contributed by atoms with Crippen molar-refractivity contribution in [1.82, 2.24) is 14.9 Å². The molecular formula is C22H19F2N3O3. The highest BCUT2D eigenvalue weighted by Gasteiger charge is 2.25. The second kappa shape index (κ2) is 8.06. The Morgan fingerprint density at radius 2 is 1.93 bits per heavy atom. The molecule has 2 heterocycles. The smallest absolute Gasteiger partial charge is 0.394 e. The molecule has 0 atom stereocenters. The number of alkyl halides is 2. The van der Waals surface area contributed by atoms with E-state index in [0.29, 0.717) is 18.1 Å². The fourth-order valence-corrected chi connectivity index (χ4v) is 2.74. The average Bonchev–Trinajstić information content (AvgIpc) is 2.89. The number of amides is 1. The van der Waals surface area contributed by atoms with Crippen molar-refractivity contribution in [3.63, 3.8) is 0 Å². The Morgan fingerprint density at radius 3 is 2.63 bits per heavy atom. The third-order valence-electron chi connectivity index (χ3n) is 4.00. The molecule has 1 aliphatic rings. The summed E-state index contributed by atoms with van der Waals surface area (Å²) in [4.78, 5) is 21.0. The zero-order chi connectivity index (χ0) is 27.3. The largest absolute Gasteiger partial charge is 0.491 e. The number of benzene rings is 2. The van der Waals surface area contributed by atoms with Gasteiger partial charge in [0.05, 0.1) is 28.2 Å². The maximum atomic E-state index is 13.6. The van der Waals surface area contributed by atoms with Crippen LogP contribution < -0.4 is 9.47 Å². The van der Waals surface area contributed by atoms with Crippen LogP contribution in [0, 0.1) is 0 Å². The van der Waals surface area contributed by atoms with Gasteiger partial charge in [0, 0.05) is 19.3 Å². The SMILES string of the molecule is [2H]c1nc(C([2H])([2H])N2C(=O)c3cc(-c4ccc(OC(C)(F)F)cc4)ccc3OCC2([2H])[2H])nc([2H])c1[2H]. The molecule has 0 saturated carbocycles. The Kier molecular flexibility index (Phi) is 3.46. The van der Waals surface area contributed by atoms with Crippen molar-refractivity contribution in [2.45, 2.75) is 19.5 Å². The minimum absolute atomic E-state index is 0.0220. The molecule has 1 aromatic heterocycles. The van der Waals surface area contributed by atoms with E-state index in [1.54, 1.807) is 6.07 Å². The van der Waals surface area contributed by atoms with Crippen LogP contribution in [0.25, 0.3) is 11.1 Å². The van der Waals surface area contributed by atoms with Crippen molar-refractivity contribution in [1.29, 1.82) is 0 Å². The Bertz CT molecular complexity index is 1350. The molecule has 1 aliphatic heterocycles. The topological polar surface area (TPSA) is 64.6 Å². The van der Waals surface area contributed by atoms with Crippen molar-refractivity contribution in [3.05, 3.63) is 72.2 Å². The minimum atomic E-state index is -3.37. The van der Waals surface area contributed by atoms with Crippen molar-refractivity contribution in [2.24, 2.45) is 0 Å². The summed E-state index contributed by atoms with van der Waals surface area (Å²) < 4.78 is 92.8. The summed E-state index contributed by atoms with van der Waals surface area (Å²) in [6.45, 7) is -5.90. The monoisotopic (exact) mass is 418 g/mol. The van der Waals surface area contributed by atoms with Crippen LogP contribution in [0.15, 0.2) is 60.9 Å². The van der Waals surface area contributed by atoms with E-state index in [4.69, 9.17) is 14.3 Å². The number of halogens is 2. The minimum Gasteiger partial charge on any atom is -0.491 e. The molecule has 0 aliphatic carbocycles. The summed E-state index contributed by atoms with van der Waals surface area (Å²) in [5.41, 5.74) is 0.721. The number of carbonyl (C=O) groups is 1. The second-order valence-corrected chi connectivity index (χ2v) is 6.24. The average molecular weight is 418 g/mol.